The van der Waals surface area contributed by atoms with Gasteiger partial charge in [-0.05, 0) is 43.9 Å². The van der Waals surface area contributed by atoms with Crippen LogP contribution < -0.4 is 0 Å². The fourth-order valence-corrected chi connectivity index (χ4v) is 3.08. The molecule has 0 aromatic heterocycles. The second-order valence-electron chi connectivity index (χ2n) is 5.21. The van der Waals surface area contributed by atoms with Crippen LogP contribution in [0.5, 0.6) is 0 Å². The molecule has 1 fully saturated rings. The van der Waals surface area contributed by atoms with Crippen molar-refractivity contribution >= 4 is 12.2 Å². The van der Waals surface area contributed by atoms with Crippen molar-refractivity contribution in [3.05, 3.63) is 0 Å². The van der Waals surface area contributed by atoms with E-state index in [2.05, 4.69) is 9.98 Å². The summed E-state index contributed by atoms with van der Waals surface area (Å²) in [6.45, 7) is 1.19. The number of nitrogens with zero attached hydrogens (tertiary/aromatic N) is 2. The fraction of sp³-hybridized carbons (Fsp3) is 0.857. The molecule has 0 bridgehead atoms. The van der Waals surface area contributed by atoms with Crippen LogP contribution in [-0.4, -0.2) is 25.2 Å². The topological polar surface area (TPSA) is 58.9 Å². The first-order chi connectivity index (χ1) is 8.83. The molecule has 0 aromatic carbocycles. The van der Waals surface area contributed by atoms with E-state index in [4.69, 9.17) is 0 Å². The lowest BCUT2D eigenvalue weighted by molar-refractivity contribution is 0.152. The Kier molecular flexibility index (Phi) is 7.24. The summed E-state index contributed by atoms with van der Waals surface area (Å²) >= 11 is 0. The van der Waals surface area contributed by atoms with Gasteiger partial charge in [0.25, 0.3) is 0 Å². The molecule has 4 heteroatoms. The molecular formula is C14H22N2O2. The largest absolute Gasteiger partial charge is 0.234 e. The highest BCUT2D eigenvalue weighted by atomic mass is 16.1. The van der Waals surface area contributed by atoms with Crippen LogP contribution in [0, 0.1) is 5.41 Å². The van der Waals surface area contributed by atoms with Crippen molar-refractivity contribution in [2.45, 2.75) is 57.8 Å². The van der Waals surface area contributed by atoms with Crippen LogP contribution in [-0.2, 0) is 9.59 Å². The maximum absolute atomic E-state index is 10.0. The lowest BCUT2D eigenvalue weighted by Crippen LogP contribution is -2.24. The highest BCUT2D eigenvalue weighted by Crippen LogP contribution is 2.43. The van der Waals surface area contributed by atoms with Gasteiger partial charge in [0.2, 0.25) is 12.2 Å². The zero-order valence-corrected chi connectivity index (χ0v) is 11.0. The molecule has 1 saturated carbocycles. The number of rotatable bonds is 8. The molecule has 1 rings (SSSR count). The Labute approximate surface area is 109 Å². The van der Waals surface area contributed by atoms with E-state index in [0.717, 1.165) is 25.7 Å². The Morgan fingerprint density at radius 2 is 1.33 bits per heavy atom. The fourth-order valence-electron chi connectivity index (χ4n) is 3.08. The van der Waals surface area contributed by atoms with E-state index in [0.29, 0.717) is 18.5 Å². The minimum absolute atomic E-state index is 0.398. The number of carbonyl (C=O) groups excluding carboxylic acids is 2. The zero-order chi connectivity index (χ0) is 13.1. The maximum atomic E-state index is 10.0. The zero-order valence-electron chi connectivity index (χ0n) is 11.0. The number of hydrogen-bond acceptors (Lipinski definition) is 4. The van der Waals surface area contributed by atoms with Crippen molar-refractivity contribution in [1.29, 1.82) is 0 Å². The molecule has 0 aliphatic heterocycles. The summed E-state index contributed by atoms with van der Waals surface area (Å²) in [6.07, 6.45) is 13.8. The van der Waals surface area contributed by atoms with Gasteiger partial charge in [-0.25, -0.2) is 19.6 Å². The summed E-state index contributed by atoms with van der Waals surface area (Å²) in [5, 5.41) is 0. The number of aliphatic imine (C=N–C) groups is 2. The van der Waals surface area contributed by atoms with E-state index >= 15 is 0 Å². The maximum Gasteiger partial charge on any atom is 0.234 e. The highest BCUT2D eigenvalue weighted by molar-refractivity contribution is 5.32. The molecule has 18 heavy (non-hydrogen) atoms. The lowest BCUT2D eigenvalue weighted by atomic mass is 9.68. The molecule has 0 N–H and O–H groups in total. The Hall–Kier alpha value is -1.24. The van der Waals surface area contributed by atoms with E-state index in [-0.39, 0.29) is 0 Å². The molecule has 1 aliphatic rings. The third-order valence-corrected chi connectivity index (χ3v) is 4.00. The molecule has 0 radical (unpaired) electrons. The molecule has 0 spiro atoms. The van der Waals surface area contributed by atoms with Gasteiger partial charge in [-0.1, -0.05) is 19.3 Å². The van der Waals surface area contributed by atoms with E-state index < -0.39 is 0 Å². The summed E-state index contributed by atoms with van der Waals surface area (Å²) in [5.41, 5.74) is 0.398. The second-order valence-corrected chi connectivity index (χ2v) is 5.21. The molecule has 0 unspecified atom stereocenters. The van der Waals surface area contributed by atoms with Gasteiger partial charge in [0.1, 0.15) is 0 Å². The highest BCUT2D eigenvalue weighted by Gasteiger charge is 2.30. The minimum Gasteiger partial charge on any atom is -0.211 e. The van der Waals surface area contributed by atoms with E-state index in [1.807, 2.05) is 0 Å². The van der Waals surface area contributed by atoms with Crippen molar-refractivity contribution < 1.29 is 9.59 Å². The van der Waals surface area contributed by atoms with Gasteiger partial charge in [-0.2, -0.15) is 0 Å². The molecule has 4 nitrogen and oxygen atoms in total. The smallest absolute Gasteiger partial charge is 0.211 e. The number of isocyanates is 2. The Bertz CT molecular complexity index is 297. The first kappa shape index (κ1) is 14.8. The van der Waals surface area contributed by atoms with Crippen LogP contribution in [0.25, 0.3) is 0 Å². The standard InChI is InChI=1S/C14H22N2O2/c17-12-15-10-4-8-14(6-2-1-3-7-14)9-5-11-16-13-18/h1-11H2. The van der Waals surface area contributed by atoms with Crippen molar-refractivity contribution in [3.63, 3.8) is 0 Å². The van der Waals surface area contributed by atoms with Gasteiger partial charge >= 0.3 is 0 Å². The van der Waals surface area contributed by atoms with Gasteiger partial charge in [-0.3, -0.25) is 0 Å². The normalized spacial score (nSPS) is 17.6. The molecule has 0 amide bonds. The predicted molar refractivity (Wildman–Crippen MR) is 70.0 cm³/mol. The second kappa shape index (κ2) is 8.79. The first-order valence-corrected chi connectivity index (χ1v) is 6.90. The first-order valence-electron chi connectivity index (χ1n) is 6.90. The predicted octanol–water partition coefficient (Wildman–Crippen LogP) is 3.17. The number of hydrogen-bond donors (Lipinski definition) is 0. The third kappa shape index (κ3) is 5.39. The van der Waals surface area contributed by atoms with E-state index in [1.54, 1.807) is 12.2 Å². The third-order valence-electron chi connectivity index (χ3n) is 4.00. The van der Waals surface area contributed by atoms with Crippen molar-refractivity contribution in [2.75, 3.05) is 13.1 Å². The Morgan fingerprint density at radius 3 is 1.78 bits per heavy atom. The summed E-state index contributed by atoms with van der Waals surface area (Å²) in [7, 11) is 0. The average Bonchev–Trinajstić information content (AvgIpc) is 2.41. The SMILES string of the molecule is O=C=NCCCC1(CCCN=C=O)CCCCC1. The molecule has 0 heterocycles. The van der Waals surface area contributed by atoms with Crippen LogP contribution in [0.15, 0.2) is 9.98 Å². The average molecular weight is 250 g/mol. The molecule has 100 valence electrons. The molecule has 0 atom stereocenters. The molecule has 0 saturated heterocycles. The van der Waals surface area contributed by atoms with Gasteiger partial charge in [0, 0.05) is 0 Å². The molecule has 0 aromatic rings. The quantitative estimate of drug-likeness (QED) is 0.377. The molecular weight excluding hydrogens is 228 g/mol. The van der Waals surface area contributed by atoms with Crippen molar-refractivity contribution in [2.24, 2.45) is 15.4 Å². The minimum atomic E-state index is 0.398. The summed E-state index contributed by atoms with van der Waals surface area (Å²) in [5.74, 6) is 0. The lowest BCUT2D eigenvalue weighted by Gasteiger charge is -2.37. The van der Waals surface area contributed by atoms with Crippen LogP contribution in [0.1, 0.15) is 57.8 Å². The van der Waals surface area contributed by atoms with Gasteiger partial charge in [-0.15, -0.1) is 0 Å². The van der Waals surface area contributed by atoms with E-state index in [1.165, 1.54) is 32.1 Å². The summed E-state index contributed by atoms with van der Waals surface area (Å²) in [6, 6.07) is 0. The summed E-state index contributed by atoms with van der Waals surface area (Å²) in [4.78, 5) is 27.3. The molecule has 1 aliphatic carbocycles. The van der Waals surface area contributed by atoms with Crippen LogP contribution in [0.3, 0.4) is 0 Å². The van der Waals surface area contributed by atoms with Gasteiger partial charge in [0.05, 0.1) is 13.1 Å². The Balaban J connectivity index is 2.40. The van der Waals surface area contributed by atoms with Gasteiger partial charge in [0.15, 0.2) is 0 Å². The van der Waals surface area contributed by atoms with Crippen molar-refractivity contribution in [3.8, 4) is 0 Å². The van der Waals surface area contributed by atoms with Crippen LogP contribution >= 0.6 is 0 Å². The van der Waals surface area contributed by atoms with Gasteiger partial charge < -0.3 is 0 Å². The Morgan fingerprint density at radius 1 is 0.833 bits per heavy atom. The monoisotopic (exact) mass is 250 g/mol. The van der Waals surface area contributed by atoms with Crippen LogP contribution in [0.2, 0.25) is 0 Å². The van der Waals surface area contributed by atoms with E-state index in [9.17, 15) is 9.59 Å². The van der Waals surface area contributed by atoms with Crippen LogP contribution in [0.4, 0.5) is 0 Å². The summed E-state index contributed by atoms with van der Waals surface area (Å²) < 4.78 is 0. The van der Waals surface area contributed by atoms with Crippen molar-refractivity contribution in [1.82, 2.24) is 0 Å².